The van der Waals surface area contributed by atoms with Crippen LogP contribution in [0.15, 0.2) is 0 Å². The van der Waals surface area contributed by atoms with Gasteiger partial charge in [-0.3, -0.25) is 14.0 Å². The van der Waals surface area contributed by atoms with Crippen molar-refractivity contribution in [3.8, 4) is 0 Å². The molecule has 0 bridgehead atoms. The second kappa shape index (κ2) is 6.05. The van der Waals surface area contributed by atoms with Crippen LogP contribution in [0.5, 0.6) is 0 Å². The Hall–Kier alpha value is -1.56. The molecule has 0 aliphatic carbocycles. The highest BCUT2D eigenvalue weighted by molar-refractivity contribution is 6.16. The molecule has 2 heterocycles. The lowest BCUT2D eigenvalue weighted by atomic mass is 10.2. The Morgan fingerprint density at radius 1 is 1.38 bits per heavy atom. The number of aromatic nitrogens is 4. The molecule has 2 rings (SSSR count). The van der Waals surface area contributed by atoms with Crippen LogP contribution in [0.25, 0.3) is 11.2 Å². The van der Waals surface area contributed by atoms with Gasteiger partial charge in [-0.2, -0.15) is 5.10 Å². The Bertz CT molecular complexity index is 658. The third kappa shape index (κ3) is 2.77. The molecular formula is C14H22ClN5O. The molecule has 0 saturated heterocycles. The van der Waals surface area contributed by atoms with Gasteiger partial charge in [0.1, 0.15) is 17.4 Å². The number of hydrogen-bond donors (Lipinski definition) is 1. The van der Waals surface area contributed by atoms with Crippen molar-refractivity contribution in [2.75, 3.05) is 0 Å². The van der Waals surface area contributed by atoms with Crippen LogP contribution >= 0.6 is 11.6 Å². The Kier molecular flexibility index (Phi) is 4.56. The summed E-state index contributed by atoms with van der Waals surface area (Å²) in [5, 5.41) is 7.39. The summed E-state index contributed by atoms with van der Waals surface area (Å²) >= 11 is 6.02. The molecular weight excluding hydrogens is 290 g/mol. The lowest BCUT2D eigenvalue weighted by molar-refractivity contribution is -0.124. The van der Waals surface area contributed by atoms with Crippen molar-refractivity contribution >= 4 is 28.7 Å². The summed E-state index contributed by atoms with van der Waals surface area (Å²) in [6.45, 7) is 7.77. The van der Waals surface area contributed by atoms with Gasteiger partial charge in [-0.25, -0.2) is 4.98 Å². The van der Waals surface area contributed by atoms with E-state index in [0.717, 1.165) is 23.3 Å². The van der Waals surface area contributed by atoms with Gasteiger partial charge >= 0.3 is 0 Å². The number of alkyl halides is 1. The van der Waals surface area contributed by atoms with Crippen molar-refractivity contribution in [3.05, 3.63) is 11.5 Å². The van der Waals surface area contributed by atoms with E-state index in [1.807, 2.05) is 39.3 Å². The molecule has 0 radical (unpaired) electrons. The molecule has 1 unspecified atom stereocenters. The number of nitrogens with zero attached hydrogens (tertiary/aromatic N) is 4. The predicted molar refractivity (Wildman–Crippen MR) is 83.4 cm³/mol. The van der Waals surface area contributed by atoms with Crippen LogP contribution in [0.2, 0.25) is 0 Å². The molecule has 0 aliphatic rings. The number of halogens is 1. The number of imidazole rings is 1. The molecule has 0 saturated carbocycles. The topological polar surface area (TPSA) is 64.7 Å². The van der Waals surface area contributed by atoms with Crippen molar-refractivity contribution in [1.29, 1.82) is 0 Å². The zero-order chi connectivity index (χ0) is 15.7. The summed E-state index contributed by atoms with van der Waals surface area (Å²) < 4.78 is 3.66. The minimum atomic E-state index is -0.383. The molecule has 1 atom stereocenters. The van der Waals surface area contributed by atoms with E-state index in [2.05, 4.69) is 15.4 Å². The van der Waals surface area contributed by atoms with Gasteiger partial charge in [0.2, 0.25) is 5.91 Å². The highest BCUT2D eigenvalue weighted by Crippen LogP contribution is 2.25. The van der Waals surface area contributed by atoms with Gasteiger partial charge in [0.05, 0.1) is 11.6 Å². The molecule has 1 N–H and O–H groups in total. The molecule has 116 valence electrons. The van der Waals surface area contributed by atoms with Crippen LogP contribution in [-0.2, 0) is 24.1 Å². The first-order valence-corrected chi connectivity index (χ1v) is 7.73. The number of carbonyl (C=O) groups is 1. The third-order valence-electron chi connectivity index (χ3n) is 3.46. The fraction of sp³-hybridized carbons (Fsp3) is 0.643. The highest BCUT2D eigenvalue weighted by Gasteiger charge is 2.25. The average Bonchev–Trinajstić information content (AvgIpc) is 2.94. The first-order chi connectivity index (χ1) is 9.90. The van der Waals surface area contributed by atoms with E-state index in [4.69, 9.17) is 11.6 Å². The minimum Gasteiger partial charge on any atom is -0.352 e. The smallest absolute Gasteiger partial charge is 0.243 e. The highest BCUT2D eigenvalue weighted by atomic mass is 35.5. The van der Waals surface area contributed by atoms with Gasteiger partial charge in [-0.1, -0.05) is 6.92 Å². The molecule has 0 spiro atoms. The molecule has 21 heavy (non-hydrogen) atoms. The van der Waals surface area contributed by atoms with Crippen LogP contribution in [0.3, 0.4) is 0 Å². The van der Waals surface area contributed by atoms with E-state index in [1.54, 1.807) is 4.68 Å². The molecule has 2 aromatic rings. The molecule has 0 fully saturated rings. The van der Waals surface area contributed by atoms with Gasteiger partial charge in [0.25, 0.3) is 0 Å². The molecule has 0 aliphatic heterocycles. The summed E-state index contributed by atoms with van der Waals surface area (Å²) in [5.74, 6) is 0.910. The second-order valence-corrected chi connectivity index (χ2v) is 5.73. The average molecular weight is 312 g/mol. The number of aryl methyl sites for hydroxylation is 2. The first kappa shape index (κ1) is 15.8. The Balaban J connectivity index is 2.56. The number of fused-ring (bicyclic) bond motifs is 1. The van der Waals surface area contributed by atoms with Gasteiger partial charge < -0.3 is 5.32 Å². The normalized spacial score (nSPS) is 13.1. The predicted octanol–water partition coefficient (Wildman–Crippen LogP) is 2.16. The summed E-state index contributed by atoms with van der Waals surface area (Å²) in [6, 6.07) is -0.289. The van der Waals surface area contributed by atoms with Gasteiger partial charge in [-0.15, -0.1) is 11.6 Å². The summed E-state index contributed by atoms with van der Waals surface area (Å²) in [4.78, 5) is 16.9. The summed E-state index contributed by atoms with van der Waals surface area (Å²) in [7, 11) is 1.87. The van der Waals surface area contributed by atoms with Crippen LogP contribution in [0.4, 0.5) is 0 Å². The van der Waals surface area contributed by atoms with Gasteiger partial charge in [0, 0.05) is 13.1 Å². The molecule has 6 nitrogen and oxygen atoms in total. The van der Waals surface area contributed by atoms with E-state index in [-0.39, 0.29) is 23.9 Å². The molecule has 2 aromatic heterocycles. The maximum absolute atomic E-state index is 12.3. The number of hydrogen-bond acceptors (Lipinski definition) is 3. The quantitative estimate of drug-likeness (QED) is 0.861. The molecule has 0 aromatic carbocycles. The lowest BCUT2D eigenvalue weighted by Gasteiger charge is -2.18. The Morgan fingerprint density at radius 3 is 2.57 bits per heavy atom. The number of rotatable bonds is 5. The van der Waals surface area contributed by atoms with Crippen molar-refractivity contribution in [2.45, 2.75) is 52.1 Å². The first-order valence-electron chi connectivity index (χ1n) is 7.19. The van der Waals surface area contributed by atoms with E-state index in [0.29, 0.717) is 5.82 Å². The monoisotopic (exact) mass is 311 g/mol. The minimum absolute atomic E-state index is 0.0464. The zero-order valence-electron chi connectivity index (χ0n) is 13.1. The van der Waals surface area contributed by atoms with E-state index in [1.165, 1.54) is 0 Å². The lowest BCUT2D eigenvalue weighted by Crippen LogP contribution is -2.36. The van der Waals surface area contributed by atoms with Crippen LogP contribution < -0.4 is 5.32 Å². The van der Waals surface area contributed by atoms with Gasteiger partial charge in [-0.05, 0) is 27.2 Å². The fourth-order valence-corrected chi connectivity index (χ4v) is 2.70. The van der Waals surface area contributed by atoms with Crippen molar-refractivity contribution in [1.82, 2.24) is 24.6 Å². The van der Waals surface area contributed by atoms with Crippen molar-refractivity contribution in [2.24, 2.45) is 7.05 Å². The van der Waals surface area contributed by atoms with E-state index >= 15 is 0 Å². The van der Waals surface area contributed by atoms with Crippen LogP contribution in [0, 0.1) is 0 Å². The SMILES string of the molecule is CCc1nn(C)c2c1nc(CCl)n2C(C)C(=O)NC(C)C. The maximum Gasteiger partial charge on any atom is 0.243 e. The maximum atomic E-state index is 12.3. The Labute approximate surface area is 129 Å². The van der Waals surface area contributed by atoms with Gasteiger partial charge in [0.15, 0.2) is 5.65 Å². The fourth-order valence-electron chi connectivity index (χ4n) is 2.51. The van der Waals surface area contributed by atoms with Crippen LogP contribution in [0.1, 0.15) is 45.3 Å². The molecule has 1 amide bonds. The van der Waals surface area contributed by atoms with Crippen molar-refractivity contribution in [3.63, 3.8) is 0 Å². The number of carbonyl (C=O) groups excluding carboxylic acids is 1. The Morgan fingerprint density at radius 2 is 2.05 bits per heavy atom. The summed E-state index contributed by atoms with van der Waals surface area (Å²) in [5.41, 5.74) is 2.60. The second-order valence-electron chi connectivity index (χ2n) is 5.47. The van der Waals surface area contributed by atoms with E-state index < -0.39 is 0 Å². The standard InChI is InChI=1S/C14H22ClN5O/c1-6-10-12-14(19(5)18-10)20(11(7-15)17-12)9(4)13(21)16-8(2)3/h8-9H,6-7H2,1-5H3,(H,16,21). The number of nitrogens with one attached hydrogen (secondary N) is 1. The van der Waals surface area contributed by atoms with Crippen LogP contribution in [-0.4, -0.2) is 31.3 Å². The number of amides is 1. The third-order valence-corrected chi connectivity index (χ3v) is 3.70. The van der Waals surface area contributed by atoms with E-state index in [9.17, 15) is 4.79 Å². The molecule has 7 heteroatoms. The zero-order valence-corrected chi connectivity index (χ0v) is 13.9. The van der Waals surface area contributed by atoms with Crippen molar-refractivity contribution < 1.29 is 4.79 Å². The summed E-state index contributed by atoms with van der Waals surface area (Å²) in [6.07, 6.45) is 0.794. The largest absolute Gasteiger partial charge is 0.352 e.